The number of nitrogens with zero attached hydrogens (tertiary/aromatic N) is 2. The summed E-state index contributed by atoms with van der Waals surface area (Å²) in [5.74, 6) is 0.196. The molecule has 1 spiro atoms. The zero-order valence-electron chi connectivity index (χ0n) is 17.4. The zero-order chi connectivity index (χ0) is 20.1. The summed E-state index contributed by atoms with van der Waals surface area (Å²) >= 11 is 0. The average molecular weight is 387 g/mol. The van der Waals surface area contributed by atoms with E-state index in [1.807, 2.05) is 23.1 Å². The van der Waals surface area contributed by atoms with Gasteiger partial charge in [-0.15, -0.1) is 0 Å². The summed E-state index contributed by atoms with van der Waals surface area (Å²) in [6, 6.07) is 10.2. The summed E-state index contributed by atoms with van der Waals surface area (Å²) < 4.78 is 0. The maximum absolute atomic E-state index is 13.3. The molecule has 0 saturated carbocycles. The van der Waals surface area contributed by atoms with E-state index < -0.39 is 0 Å². The minimum Gasteiger partial charge on any atom is -0.338 e. The van der Waals surface area contributed by atoms with Gasteiger partial charge in [-0.3, -0.25) is 10.1 Å². The van der Waals surface area contributed by atoms with Crippen LogP contribution in [0.15, 0.2) is 30.3 Å². The number of piperidine rings is 1. The summed E-state index contributed by atoms with van der Waals surface area (Å²) in [4.78, 5) is 29.6. The number of urea groups is 1. The Balaban J connectivity index is 1.73. The predicted molar refractivity (Wildman–Crippen MR) is 111 cm³/mol. The number of rotatable bonds is 6. The van der Waals surface area contributed by atoms with Crippen molar-refractivity contribution >= 4 is 11.9 Å². The molecule has 0 aliphatic carbocycles. The van der Waals surface area contributed by atoms with Crippen molar-refractivity contribution in [2.45, 2.75) is 70.6 Å². The van der Waals surface area contributed by atoms with Crippen molar-refractivity contribution in [2.75, 3.05) is 19.6 Å². The van der Waals surface area contributed by atoms with Crippen molar-refractivity contribution in [1.82, 2.24) is 20.4 Å². The van der Waals surface area contributed by atoms with Gasteiger partial charge in [-0.25, -0.2) is 4.79 Å². The standard InChI is InChI=1S/C22H34N4O2/c1-4-13-23-21(28)25-14-11-22(12-15-25)24-19(16-18-9-7-6-8-10-18)20(27)26(22)17(3)5-2/h6-10,17,19,24H,4-5,11-16H2,1-3H3,(H,23,28)/t17-,19+/m0/s1. The molecule has 0 aromatic heterocycles. The highest BCUT2D eigenvalue weighted by molar-refractivity contribution is 5.86. The van der Waals surface area contributed by atoms with E-state index in [4.69, 9.17) is 0 Å². The molecule has 3 amide bonds. The second kappa shape index (κ2) is 8.95. The van der Waals surface area contributed by atoms with Crippen molar-refractivity contribution < 1.29 is 9.59 Å². The minimum atomic E-state index is -0.340. The van der Waals surface area contributed by atoms with Crippen LogP contribution in [0.2, 0.25) is 0 Å². The van der Waals surface area contributed by atoms with Gasteiger partial charge in [0.2, 0.25) is 5.91 Å². The van der Waals surface area contributed by atoms with Crippen LogP contribution < -0.4 is 10.6 Å². The Bertz CT molecular complexity index is 670. The second-order valence-corrected chi connectivity index (χ2v) is 8.10. The Labute approximate surface area is 168 Å². The molecule has 6 nitrogen and oxygen atoms in total. The summed E-state index contributed by atoms with van der Waals surface area (Å²) in [6.45, 7) is 8.35. The molecule has 0 unspecified atom stereocenters. The SMILES string of the molecule is CCCNC(=O)N1CCC2(CC1)N[C@H](Cc1ccccc1)C(=O)N2[C@@H](C)CC. The van der Waals surface area contributed by atoms with Crippen LogP contribution in [0.25, 0.3) is 0 Å². The molecule has 3 rings (SSSR count). The van der Waals surface area contributed by atoms with Gasteiger partial charge >= 0.3 is 6.03 Å². The molecular weight excluding hydrogens is 352 g/mol. The zero-order valence-corrected chi connectivity index (χ0v) is 17.4. The van der Waals surface area contributed by atoms with Gasteiger partial charge in [-0.1, -0.05) is 44.2 Å². The first-order valence-electron chi connectivity index (χ1n) is 10.7. The number of nitrogens with one attached hydrogen (secondary N) is 2. The molecule has 2 atom stereocenters. The molecule has 1 aromatic rings. The number of carbonyl (C=O) groups is 2. The lowest BCUT2D eigenvalue weighted by Crippen LogP contribution is -2.62. The molecule has 2 saturated heterocycles. The molecule has 2 fully saturated rings. The molecule has 1 aromatic carbocycles. The van der Waals surface area contributed by atoms with E-state index in [-0.39, 0.29) is 29.7 Å². The maximum atomic E-state index is 13.3. The molecule has 28 heavy (non-hydrogen) atoms. The third-order valence-electron chi connectivity index (χ3n) is 6.16. The normalized spacial score (nSPS) is 22.5. The quantitative estimate of drug-likeness (QED) is 0.790. The van der Waals surface area contributed by atoms with Crippen molar-refractivity contribution in [3.8, 4) is 0 Å². The summed E-state index contributed by atoms with van der Waals surface area (Å²) in [5, 5.41) is 6.65. The number of hydrogen-bond donors (Lipinski definition) is 2. The van der Waals surface area contributed by atoms with Gasteiger partial charge in [0.15, 0.2) is 0 Å². The Morgan fingerprint density at radius 2 is 1.93 bits per heavy atom. The van der Waals surface area contributed by atoms with E-state index in [2.05, 4.69) is 48.4 Å². The van der Waals surface area contributed by atoms with Crippen LogP contribution in [0.3, 0.4) is 0 Å². The van der Waals surface area contributed by atoms with Crippen molar-refractivity contribution in [1.29, 1.82) is 0 Å². The van der Waals surface area contributed by atoms with Crippen LogP contribution >= 0.6 is 0 Å². The molecule has 6 heteroatoms. The van der Waals surface area contributed by atoms with E-state index in [1.165, 1.54) is 5.56 Å². The van der Waals surface area contributed by atoms with E-state index in [0.29, 0.717) is 26.1 Å². The summed E-state index contributed by atoms with van der Waals surface area (Å²) in [6.07, 6.45) is 4.10. The summed E-state index contributed by atoms with van der Waals surface area (Å²) in [5.41, 5.74) is 0.832. The van der Waals surface area contributed by atoms with Gasteiger partial charge in [0.25, 0.3) is 0 Å². The fraction of sp³-hybridized carbons (Fsp3) is 0.636. The molecule has 2 heterocycles. The van der Waals surface area contributed by atoms with Gasteiger partial charge in [-0.2, -0.15) is 0 Å². The minimum absolute atomic E-state index is 0.0111. The van der Waals surface area contributed by atoms with Crippen LogP contribution in [-0.2, 0) is 11.2 Å². The van der Waals surface area contributed by atoms with Crippen molar-refractivity contribution in [3.05, 3.63) is 35.9 Å². The summed E-state index contributed by atoms with van der Waals surface area (Å²) in [7, 11) is 0. The van der Waals surface area contributed by atoms with E-state index in [0.717, 1.165) is 25.7 Å². The number of likely N-dealkylation sites (tertiary alicyclic amines) is 1. The molecule has 2 aliphatic rings. The lowest BCUT2D eigenvalue weighted by molar-refractivity contribution is -0.136. The molecule has 2 N–H and O–H groups in total. The van der Waals surface area contributed by atoms with Crippen molar-refractivity contribution in [2.24, 2.45) is 0 Å². The largest absolute Gasteiger partial charge is 0.338 e. The Kier molecular flexibility index (Phi) is 6.60. The Hall–Kier alpha value is -2.08. The Morgan fingerprint density at radius 1 is 1.25 bits per heavy atom. The van der Waals surface area contributed by atoms with E-state index >= 15 is 0 Å². The van der Waals surface area contributed by atoms with Crippen LogP contribution in [0.4, 0.5) is 4.79 Å². The first kappa shape index (κ1) is 20.6. The highest BCUT2D eigenvalue weighted by atomic mass is 16.2. The monoisotopic (exact) mass is 386 g/mol. The molecule has 154 valence electrons. The molecular formula is C22H34N4O2. The van der Waals surface area contributed by atoms with Gasteiger partial charge < -0.3 is 15.1 Å². The Morgan fingerprint density at radius 3 is 2.54 bits per heavy atom. The lowest BCUT2D eigenvalue weighted by Gasteiger charge is -2.46. The van der Waals surface area contributed by atoms with Gasteiger partial charge in [0.1, 0.15) is 0 Å². The fourth-order valence-electron chi connectivity index (χ4n) is 4.45. The fourth-order valence-corrected chi connectivity index (χ4v) is 4.45. The third-order valence-corrected chi connectivity index (χ3v) is 6.16. The topological polar surface area (TPSA) is 64.7 Å². The lowest BCUT2D eigenvalue weighted by atomic mass is 9.94. The van der Waals surface area contributed by atoms with E-state index in [1.54, 1.807) is 0 Å². The van der Waals surface area contributed by atoms with Crippen LogP contribution in [0.5, 0.6) is 0 Å². The van der Waals surface area contributed by atoms with E-state index in [9.17, 15) is 9.59 Å². The van der Waals surface area contributed by atoms with Gasteiger partial charge in [0.05, 0.1) is 11.7 Å². The molecule has 0 bridgehead atoms. The second-order valence-electron chi connectivity index (χ2n) is 8.10. The molecule has 2 aliphatic heterocycles. The van der Waals surface area contributed by atoms with Crippen LogP contribution in [-0.4, -0.2) is 59.1 Å². The van der Waals surface area contributed by atoms with Crippen LogP contribution in [0, 0.1) is 0 Å². The first-order chi connectivity index (χ1) is 13.5. The highest BCUT2D eigenvalue weighted by Gasteiger charge is 2.52. The third kappa shape index (κ3) is 4.17. The van der Waals surface area contributed by atoms with Crippen molar-refractivity contribution in [3.63, 3.8) is 0 Å². The first-order valence-corrected chi connectivity index (χ1v) is 10.7. The average Bonchev–Trinajstić information content (AvgIpc) is 2.97. The highest BCUT2D eigenvalue weighted by Crippen LogP contribution is 2.35. The number of carbonyl (C=O) groups excluding carboxylic acids is 2. The van der Waals surface area contributed by atoms with Gasteiger partial charge in [-0.05, 0) is 31.7 Å². The molecule has 0 radical (unpaired) electrons. The maximum Gasteiger partial charge on any atom is 0.317 e. The number of benzene rings is 1. The number of amides is 3. The number of hydrogen-bond acceptors (Lipinski definition) is 3. The predicted octanol–water partition coefficient (Wildman–Crippen LogP) is 2.74. The van der Waals surface area contributed by atoms with Crippen LogP contribution in [0.1, 0.15) is 52.0 Å². The smallest absolute Gasteiger partial charge is 0.317 e. The van der Waals surface area contributed by atoms with Gasteiger partial charge in [0, 0.05) is 38.5 Å².